The summed E-state index contributed by atoms with van der Waals surface area (Å²) in [5, 5.41) is 3.30. The third-order valence-electron chi connectivity index (χ3n) is 2.04. The van der Waals surface area contributed by atoms with Gasteiger partial charge in [-0.3, -0.25) is 4.98 Å². The van der Waals surface area contributed by atoms with Crippen LogP contribution in [0.4, 0.5) is 11.4 Å². The molecule has 3 heteroatoms. The van der Waals surface area contributed by atoms with Crippen LogP contribution in [0.15, 0.2) is 18.5 Å². The van der Waals surface area contributed by atoms with E-state index in [-0.39, 0.29) is 0 Å². The van der Waals surface area contributed by atoms with Gasteiger partial charge < -0.3 is 11.1 Å². The molecule has 78 valence electrons. The molecule has 3 N–H and O–H groups in total. The summed E-state index contributed by atoms with van der Waals surface area (Å²) >= 11 is 0. The lowest BCUT2D eigenvalue weighted by molar-refractivity contribution is 0.390. The zero-order chi connectivity index (χ0) is 10.6. The summed E-state index contributed by atoms with van der Waals surface area (Å²) in [5.74, 6) is 0. The molecule has 0 aliphatic carbocycles. The van der Waals surface area contributed by atoms with Crippen LogP contribution >= 0.6 is 0 Å². The first-order valence-electron chi connectivity index (χ1n) is 4.92. The van der Waals surface area contributed by atoms with E-state index in [1.807, 2.05) is 6.07 Å². The van der Waals surface area contributed by atoms with Crippen LogP contribution in [0.2, 0.25) is 0 Å². The Morgan fingerprint density at radius 3 is 2.71 bits per heavy atom. The number of nitrogens with zero attached hydrogens (tertiary/aromatic N) is 1. The van der Waals surface area contributed by atoms with Crippen LogP contribution < -0.4 is 11.1 Å². The summed E-state index contributed by atoms with van der Waals surface area (Å²) in [4.78, 5) is 3.94. The molecule has 0 aliphatic rings. The molecule has 1 rings (SSSR count). The van der Waals surface area contributed by atoms with Crippen molar-refractivity contribution in [3.8, 4) is 0 Å². The van der Waals surface area contributed by atoms with Gasteiger partial charge in [0.1, 0.15) is 0 Å². The second kappa shape index (κ2) is 4.31. The van der Waals surface area contributed by atoms with Gasteiger partial charge in [-0.05, 0) is 17.9 Å². The Bertz CT molecular complexity index is 289. The molecule has 0 saturated carbocycles. The lowest BCUT2D eigenvalue weighted by Gasteiger charge is -2.18. The molecular weight excluding hydrogens is 174 g/mol. The van der Waals surface area contributed by atoms with Crippen molar-refractivity contribution in [2.45, 2.75) is 27.2 Å². The van der Waals surface area contributed by atoms with Crippen molar-refractivity contribution in [3.63, 3.8) is 0 Å². The molecule has 0 radical (unpaired) electrons. The molecule has 0 amide bonds. The second-order valence-corrected chi connectivity index (χ2v) is 4.70. The fourth-order valence-corrected chi connectivity index (χ4v) is 1.14. The van der Waals surface area contributed by atoms with Crippen molar-refractivity contribution in [1.29, 1.82) is 0 Å². The minimum atomic E-state index is 0.356. The lowest BCUT2D eigenvalue weighted by atomic mass is 9.92. The zero-order valence-corrected chi connectivity index (χ0v) is 9.17. The first-order chi connectivity index (χ1) is 6.49. The van der Waals surface area contributed by atoms with Crippen LogP contribution in [-0.2, 0) is 0 Å². The van der Waals surface area contributed by atoms with Crippen molar-refractivity contribution >= 4 is 11.4 Å². The highest BCUT2D eigenvalue weighted by Crippen LogP contribution is 2.20. The topological polar surface area (TPSA) is 50.9 Å². The zero-order valence-electron chi connectivity index (χ0n) is 9.17. The average Bonchev–Trinajstić information content (AvgIpc) is 2.06. The quantitative estimate of drug-likeness (QED) is 0.775. The standard InChI is InChI=1S/C11H19N3/c1-11(2,3)5-7-14-10-4-6-13-8-9(10)12/h4,6,8H,5,7,12H2,1-3H3,(H,13,14). The van der Waals surface area contributed by atoms with Crippen LogP contribution in [0.1, 0.15) is 27.2 Å². The van der Waals surface area contributed by atoms with E-state index < -0.39 is 0 Å². The predicted molar refractivity (Wildman–Crippen MR) is 61.2 cm³/mol. The number of nitrogens with one attached hydrogen (secondary N) is 1. The van der Waals surface area contributed by atoms with Gasteiger partial charge in [0.15, 0.2) is 0 Å². The smallest absolute Gasteiger partial charge is 0.0736 e. The first-order valence-corrected chi connectivity index (χ1v) is 4.92. The van der Waals surface area contributed by atoms with Crippen molar-refractivity contribution in [2.24, 2.45) is 5.41 Å². The lowest BCUT2D eigenvalue weighted by Crippen LogP contribution is -2.13. The first kappa shape index (κ1) is 10.8. The van der Waals surface area contributed by atoms with Crippen LogP contribution in [0, 0.1) is 5.41 Å². The summed E-state index contributed by atoms with van der Waals surface area (Å²) in [6.45, 7) is 7.62. The number of rotatable bonds is 3. The fraction of sp³-hybridized carbons (Fsp3) is 0.545. The Hall–Kier alpha value is -1.25. The molecule has 1 aromatic heterocycles. The van der Waals surface area contributed by atoms with E-state index in [1.165, 1.54) is 0 Å². The predicted octanol–water partition coefficient (Wildman–Crippen LogP) is 2.51. The normalized spacial score (nSPS) is 11.4. The van der Waals surface area contributed by atoms with Gasteiger partial charge in [-0.2, -0.15) is 0 Å². The van der Waals surface area contributed by atoms with Gasteiger partial charge in [-0.25, -0.2) is 0 Å². The van der Waals surface area contributed by atoms with Crippen LogP contribution in [0.3, 0.4) is 0 Å². The van der Waals surface area contributed by atoms with E-state index in [4.69, 9.17) is 5.73 Å². The van der Waals surface area contributed by atoms with Crippen molar-refractivity contribution < 1.29 is 0 Å². The van der Waals surface area contributed by atoms with Gasteiger partial charge in [0.2, 0.25) is 0 Å². The van der Waals surface area contributed by atoms with E-state index in [1.54, 1.807) is 12.4 Å². The fourth-order valence-electron chi connectivity index (χ4n) is 1.14. The minimum Gasteiger partial charge on any atom is -0.396 e. The Balaban J connectivity index is 2.43. The SMILES string of the molecule is CC(C)(C)CCNc1ccncc1N. The number of hydrogen-bond acceptors (Lipinski definition) is 3. The van der Waals surface area contributed by atoms with E-state index in [2.05, 4.69) is 31.1 Å². The molecule has 3 nitrogen and oxygen atoms in total. The molecule has 1 heterocycles. The third kappa shape index (κ3) is 3.64. The molecule has 0 saturated heterocycles. The summed E-state index contributed by atoms with van der Waals surface area (Å²) in [5.41, 5.74) is 7.79. The third-order valence-corrected chi connectivity index (χ3v) is 2.04. The monoisotopic (exact) mass is 193 g/mol. The number of nitrogens with two attached hydrogens (primary N) is 1. The van der Waals surface area contributed by atoms with Crippen molar-refractivity contribution in [3.05, 3.63) is 18.5 Å². The highest BCUT2D eigenvalue weighted by atomic mass is 14.9. The maximum absolute atomic E-state index is 5.75. The van der Waals surface area contributed by atoms with Crippen molar-refractivity contribution in [2.75, 3.05) is 17.6 Å². The van der Waals surface area contributed by atoms with E-state index in [9.17, 15) is 0 Å². The minimum absolute atomic E-state index is 0.356. The maximum atomic E-state index is 5.75. The molecule has 0 atom stereocenters. The molecule has 14 heavy (non-hydrogen) atoms. The Labute approximate surface area is 85.7 Å². The highest BCUT2D eigenvalue weighted by Gasteiger charge is 2.09. The van der Waals surface area contributed by atoms with Gasteiger partial charge in [0.05, 0.1) is 17.6 Å². The van der Waals surface area contributed by atoms with Gasteiger partial charge in [0, 0.05) is 12.7 Å². The molecule has 0 bridgehead atoms. The van der Waals surface area contributed by atoms with Crippen molar-refractivity contribution in [1.82, 2.24) is 4.98 Å². The molecule has 0 spiro atoms. The van der Waals surface area contributed by atoms with Crippen LogP contribution in [-0.4, -0.2) is 11.5 Å². The van der Waals surface area contributed by atoms with Gasteiger partial charge in [-0.1, -0.05) is 20.8 Å². The van der Waals surface area contributed by atoms with E-state index in [0.717, 1.165) is 18.7 Å². The summed E-state index contributed by atoms with van der Waals surface area (Å²) < 4.78 is 0. The van der Waals surface area contributed by atoms with Gasteiger partial charge in [0.25, 0.3) is 0 Å². The number of pyridine rings is 1. The maximum Gasteiger partial charge on any atom is 0.0736 e. The molecule has 0 unspecified atom stereocenters. The van der Waals surface area contributed by atoms with E-state index in [0.29, 0.717) is 11.1 Å². The molecule has 0 fully saturated rings. The molecule has 1 aromatic rings. The highest BCUT2D eigenvalue weighted by molar-refractivity contribution is 5.64. The van der Waals surface area contributed by atoms with Crippen LogP contribution in [0.5, 0.6) is 0 Å². The van der Waals surface area contributed by atoms with Gasteiger partial charge >= 0.3 is 0 Å². The number of hydrogen-bond donors (Lipinski definition) is 2. The molecule has 0 aliphatic heterocycles. The average molecular weight is 193 g/mol. The van der Waals surface area contributed by atoms with Gasteiger partial charge in [-0.15, -0.1) is 0 Å². The Kier molecular flexibility index (Phi) is 3.33. The second-order valence-electron chi connectivity index (χ2n) is 4.70. The number of nitrogen functional groups attached to an aromatic ring is 1. The molecular formula is C11H19N3. The summed E-state index contributed by atoms with van der Waals surface area (Å²) in [6.07, 6.45) is 4.53. The Morgan fingerprint density at radius 1 is 1.43 bits per heavy atom. The molecule has 0 aromatic carbocycles. The largest absolute Gasteiger partial charge is 0.396 e. The summed E-state index contributed by atoms with van der Waals surface area (Å²) in [6, 6.07) is 1.90. The number of anilines is 2. The van der Waals surface area contributed by atoms with Crippen LogP contribution in [0.25, 0.3) is 0 Å². The number of aromatic nitrogens is 1. The van der Waals surface area contributed by atoms with E-state index >= 15 is 0 Å². The Morgan fingerprint density at radius 2 is 2.14 bits per heavy atom. The summed E-state index contributed by atoms with van der Waals surface area (Å²) in [7, 11) is 0.